The largest absolute Gasteiger partial charge is 0.368 e. The molecule has 0 spiro atoms. The topological polar surface area (TPSA) is 63.5 Å². The fourth-order valence-electron chi connectivity index (χ4n) is 3.93. The summed E-state index contributed by atoms with van der Waals surface area (Å²) in [6.45, 7) is 0.983. The molecule has 21 heavy (non-hydrogen) atoms. The highest BCUT2D eigenvalue weighted by Crippen LogP contribution is 2.38. The first-order valence-electron chi connectivity index (χ1n) is 7.71. The van der Waals surface area contributed by atoms with Gasteiger partial charge in [-0.25, -0.2) is 0 Å². The predicted molar refractivity (Wildman–Crippen MR) is 80.8 cm³/mol. The van der Waals surface area contributed by atoms with Crippen molar-refractivity contribution >= 4 is 17.7 Å². The van der Waals surface area contributed by atoms with Gasteiger partial charge in [0.15, 0.2) is 6.29 Å². The maximum absolute atomic E-state index is 11.1. The van der Waals surface area contributed by atoms with E-state index in [1.165, 1.54) is 38.2 Å². The Morgan fingerprint density at radius 2 is 1.95 bits per heavy atom. The minimum atomic E-state index is -0.493. The van der Waals surface area contributed by atoms with Crippen molar-refractivity contribution in [3.05, 3.63) is 33.9 Å². The fraction of sp³-hybridized carbons (Fsp3) is 0.562. The molecule has 1 aromatic rings. The Kier molecular flexibility index (Phi) is 3.90. The summed E-state index contributed by atoms with van der Waals surface area (Å²) in [7, 11) is 0. The van der Waals surface area contributed by atoms with E-state index in [4.69, 9.17) is 0 Å². The highest BCUT2D eigenvalue weighted by atomic mass is 16.6. The molecule has 1 saturated carbocycles. The lowest BCUT2D eigenvalue weighted by Crippen LogP contribution is -2.46. The summed E-state index contributed by atoms with van der Waals surface area (Å²) in [4.78, 5) is 23.9. The molecule has 1 saturated heterocycles. The molecule has 1 aromatic carbocycles. The van der Waals surface area contributed by atoms with E-state index < -0.39 is 4.92 Å². The second kappa shape index (κ2) is 5.84. The van der Waals surface area contributed by atoms with Crippen LogP contribution in [-0.4, -0.2) is 23.8 Å². The number of hydrogen-bond acceptors (Lipinski definition) is 4. The average molecular weight is 288 g/mol. The number of piperidine rings is 1. The molecule has 5 heteroatoms. The molecule has 112 valence electrons. The van der Waals surface area contributed by atoms with Gasteiger partial charge in [0.2, 0.25) is 0 Å². The van der Waals surface area contributed by atoms with Crippen molar-refractivity contribution < 1.29 is 9.72 Å². The van der Waals surface area contributed by atoms with Crippen LogP contribution < -0.4 is 4.90 Å². The average Bonchev–Trinajstić information content (AvgIpc) is 2.53. The first kappa shape index (κ1) is 14.0. The number of nitrogens with zero attached hydrogens (tertiary/aromatic N) is 2. The zero-order chi connectivity index (χ0) is 14.8. The third kappa shape index (κ3) is 2.64. The van der Waals surface area contributed by atoms with Gasteiger partial charge in [-0.05, 0) is 43.7 Å². The third-order valence-corrected chi connectivity index (χ3v) is 4.91. The van der Waals surface area contributed by atoms with Crippen LogP contribution in [0.15, 0.2) is 18.2 Å². The number of hydrogen-bond donors (Lipinski definition) is 0. The SMILES string of the molecule is O=Cc1cc(N2CCC[C@H]3CCCC[C@H]32)ccc1[N+](=O)[O-]. The van der Waals surface area contributed by atoms with Crippen LogP contribution >= 0.6 is 0 Å². The number of aldehydes is 1. The van der Waals surface area contributed by atoms with Crippen LogP contribution in [-0.2, 0) is 0 Å². The Bertz CT molecular complexity index is 556. The summed E-state index contributed by atoms with van der Waals surface area (Å²) in [5, 5.41) is 10.9. The van der Waals surface area contributed by atoms with Crippen molar-refractivity contribution in [2.75, 3.05) is 11.4 Å². The molecule has 0 N–H and O–H groups in total. The van der Waals surface area contributed by atoms with Crippen LogP contribution in [0.3, 0.4) is 0 Å². The molecular weight excluding hydrogens is 268 g/mol. The summed E-state index contributed by atoms with van der Waals surface area (Å²) in [6.07, 6.45) is 8.08. The van der Waals surface area contributed by atoms with Gasteiger partial charge >= 0.3 is 0 Å². The first-order valence-corrected chi connectivity index (χ1v) is 7.71. The van der Waals surface area contributed by atoms with Crippen LogP contribution in [0, 0.1) is 16.0 Å². The van der Waals surface area contributed by atoms with Gasteiger partial charge in [-0.1, -0.05) is 12.8 Å². The van der Waals surface area contributed by atoms with Crippen molar-refractivity contribution in [2.45, 2.75) is 44.6 Å². The standard InChI is InChI=1S/C16H20N2O3/c19-11-13-10-14(7-8-16(13)18(20)21)17-9-3-5-12-4-1-2-6-15(12)17/h7-8,10-12,15H,1-6,9H2/t12-,15-/m1/s1. The smallest absolute Gasteiger partial charge is 0.280 e. The Hall–Kier alpha value is -1.91. The number of carbonyl (C=O) groups excluding carboxylic acids is 1. The number of carbonyl (C=O) groups is 1. The summed E-state index contributed by atoms with van der Waals surface area (Å²) in [5.74, 6) is 0.738. The normalized spacial score (nSPS) is 25.2. The van der Waals surface area contributed by atoms with Gasteiger partial charge in [-0.3, -0.25) is 14.9 Å². The van der Waals surface area contributed by atoms with E-state index >= 15 is 0 Å². The Balaban J connectivity index is 1.91. The van der Waals surface area contributed by atoms with E-state index in [0.29, 0.717) is 12.3 Å². The molecule has 3 rings (SSSR count). The molecule has 1 aliphatic carbocycles. The van der Waals surface area contributed by atoms with Crippen LogP contribution in [0.25, 0.3) is 0 Å². The van der Waals surface area contributed by atoms with Crippen molar-refractivity contribution in [1.29, 1.82) is 0 Å². The lowest BCUT2D eigenvalue weighted by Gasteiger charge is -2.45. The maximum atomic E-state index is 11.1. The summed E-state index contributed by atoms with van der Waals surface area (Å²) in [5.41, 5.74) is 1.03. The molecule has 2 atom stereocenters. The Labute approximate surface area is 124 Å². The maximum Gasteiger partial charge on any atom is 0.280 e. The van der Waals surface area contributed by atoms with Crippen LogP contribution in [0.4, 0.5) is 11.4 Å². The molecule has 5 nitrogen and oxygen atoms in total. The van der Waals surface area contributed by atoms with Crippen molar-refractivity contribution in [1.82, 2.24) is 0 Å². The van der Waals surface area contributed by atoms with Gasteiger partial charge < -0.3 is 4.90 Å². The van der Waals surface area contributed by atoms with Gasteiger partial charge in [-0.2, -0.15) is 0 Å². The second-order valence-corrected chi connectivity index (χ2v) is 6.07. The molecule has 0 radical (unpaired) electrons. The molecule has 0 aromatic heterocycles. The van der Waals surface area contributed by atoms with E-state index in [2.05, 4.69) is 4.90 Å². The van der Waals surface area contributed by atoms with Crippen LogP contribution in [0.1, 0.15) is 48.9 Å². The first-order chi connectivity index (χ1) is 10.2. The molecule has 0 unspecified atom stereocenters. The lowest BCUT2D eigenvalue weighted by atomic mass is 9.78. The number of anilines is 1. The fourth-order valence-corrected chi connectivity index (χ4v) is 3.93. The van der Waals surface area contributed by atoms with Crippen LogP contribution in [0.2, 0.25) is 0 Å². The summed E-state index contributed by atoms with van der Waals surface area (Å²) < 4.78 is 0. The highest BCUT2D eigenvalue weighted by molar-refractivity contribution is 5.83. The van der Waals surface area contributed by atoms with Crippen molar-refractivity contribution in [3.8, 4) is 0 Å². The minimum Gasteiger partial charge on any atom is -0.368 e. The minimum absolute atomic E-state index is 0.106. The van der Waals surface area contributed by atoms with E-state index in [9.17, 15) is 14.9 Å². The van der Waals surface area contributed by atoms with Crippen molar-refractivity contribution in [3.63, 3.8) is 0 Å². The lowest BCUT2D eigenvalue weighted by molar-refractivity contribution is -0.385. The Morgan fingerprint density at radius 3 is 2.71 bits per heavy atom. The quantitative estimate of drug-likeness (QED) is 0.484. The number of fused-ring (bicyclic) bond motifs is 1. The number of nitro benzene ring substituents is 1. The van der Waals surface area contributed by atoms with E-state index in [1.54, 1.807) is 12.1 Å². The van der Waals surface area contributed by atoms with Gasteiger partial charge in [0.25, 0.3) is 5.69 Å². The van der Waals surface area contributed by atoms with Crippen LogP contribution in [0.5, 0.6) is 0 Å². The van der Waals surface area contributed by atoms with Gasteiger partial charge in [0.1, 0.15) is 0 Å². The van der Waals surface area contributed by atoms with Gasteiger partial charge in [0.05, 0.1) is 10.5 Å². The number of benzene rings is 1. The number of rotatable bonds is 3. The predicted octanol–water partition coefficient (Wildman–Crippen LogP) is 3.57. The van der Waals surface area contributed by atoms with Gasteiger partial charge in [0, 0.05) is 24.3 Å². The molecule has 2 aliphatic rings. The van der Waals surface area contributed by atoms with Crippen molar-refractivity contribution in [2.24, 2.45) is 5.92 Å². The summed E-state index contributed by atoms with van der Waals surface area (Å²) in [6, 6.07) is 5.48. The van der Waals surface area contributed by atoms with E-state index in [0.717, 1.165) is 24.6 Å². The molecular formula is C16H20N2O3. The Morgan fingerprint density at radius 1 is 1.19 bits per heavy atom. The molecule has 1 heterocycles. The highest BCUT2D eigenvalue weighted by Gasteiger charge is 2.33. The number of nitro groups is 1. The third-order valence-electron chi connectivity index (χ3n) is 4.91. The van der Waals surface area contributed by atoms with Gasteiger partial charge in [-0.15, -0.1) is 0 Å². The molecule has 1 aliphatic heterocycles. The molecule has 0 amide bonds. The van der Waals surface area contributed by atoms with E-state index in [1.807, 2.05) is 0 Å². The summed E-state index contributed by atoms with van der Waals surface area (Å²) >= 11 is 0. The monoisotopic (exact) mass is 288 g/mol. The zero-order valence-corrected chi connectivity index (χ0v) is 12.0. The second-order valence-electron chi connectivity index (χ2n) is 6.07. The molecule has 0 bridgehead atoms. The van der Waals surface area contributed by atoms with E-state index in [-0.39, 0.29) is 11.3 Å². The molecule has 2 fully saturated rings. The zero-order valence-electron chi connectivity index (χ0n) is 12.0.